The van der Waals surface area contributed by atoms with Crippen molar-refractivity contribution in [2.45, 2.75) is 33.2 Å². The maximum Gasteiger partial charge on any atom is 0.258 e. The van der Waals surface area contributed by atoms with Gasteiger partial charge in [-0.3, -0.25) is 9.59 Å². The molecular weight excluding hydrogens is 328 g/mol. The molecule has 1 aliphatic heterocycles. The predicted molar refractivity (Wildman–Crippen MR) is 101 cm³/mol. The second-order valence-electron chi connectivity index (χ2n) is 6.85. The van der Waals surface area contributed by atoms with Gasteiger partial charge < -0.3 is 15.0 Å². The van der Waals surface area contributed by atoms with E-state index in [4.69, 9.17) is 4.74 Å². The molecule has 1 heterocycles. The summed E-state index contributed by atoms with van der Waals surface area (Å²) in [4.78, 5) is 26.2. The third-order valence-electron chi connectivity index (χ3n) is 4.65. The molecule has 0 spiro atoms. The van der Waals surface area contributed by atoms with Gasteiger partial charge in [-0.15, -0.1) is 0 Å². The van der Waals surface area contributed by atoms with Gasteiger partial charge in [0, 0.05) is 18.7 Å². The average molecular weight is 352 g/mol. The second-order valence-corrected chi connectivity index (χ2v) is 6.85. The number of carbonyl (C=O) groups excluding carboxylic acids is 2. The van der Waals surface area contributed by atoms with Crippen LogP contribution in [0.25, 0.3) is 0 Å². The van der Waals surface area contributed by atoms with Crippen molar-refractivity contribution in [1.29, 1.82) is 0 Å². The van der Waals surface area contributed by atoms with E-state index in [9.17, 15) is 9.59 Å². The first-order valence-corrected chi connectivity index (χ1v) is 8.79. The largest absolute Gasteiger partial charge is 0.484 e. The molecule has 1 N–H and O–H groups in total. The number of amides is 2. The maximum atomic E-state index is 12.3. The van der Waals surface area contributed by atoms with Gasteiger partial charge in [0.25, 0.3) is 5.91 Å². The third kappa shape index (κ3) is 4.23. The molecule has 5 nitrogen and oxygen atoms in total. The summed E-state index contributed by atoms with van der Waals surface area (Å²) in [6, 6.07) is 13.3. The Morgan fingerprint density at radius 2 is 1.96 bits per heavy atom. The molecule has 2 aromatic rings. The molecule has 1 saturated heterocycles. The van der Waals surface area contributed by atoms with Crippen molar-refractivity contribution in [3.05, 3.63) is 59.2 Å². The fourth-order valence-corrected chi connectivity index (χ4v) is 3.07. The normalized spacial score (nSPS) is 16.7. The van der Waals surface area contributed by atoms with E-state index in [-0.39, 0.29) is 24.5 Å². The van der Waals surface area contributed by atoms with Crippen molar-refractivity contribution in [1.82, 2.24) is 5.32 Å². The monoisotopic (exact) mass is 352 g/mol. The summed E-state index contributed by atoms with van der Waals surface area (Å²) in [5.74, 6) is 0.476. The van der Waals surface area contributed by atoms with E-state index in [1.54, 1.807) is 4.90 Å². The summed E-state index contributed by atoms with van der Waals surface area (Å²) in [6.07, 6.45) is 0.309. The molecule has 0 saturated carbocycles. The van der Waals surface area contributed by atoms with Gasteiger partial charge in [0.15, 0.2) is 6.61 Å². The number of ether oxygens (including phenoxy) is 1. The van der Waals surface area contributed by atoms with Crippen LogP contribution in [0.3, 0.4) is 0 Å². The van der Waals surface area contributed by atoms with Crippen LogP contribution in [-0.2, 0) is 9.59 Å². The molecular formula is C21H24N2O3. The molecule has 0 aliphatic carbocycles. The topological polar surface area (TPSA) is 58.6 Å². The number of nitrogens with zero attached hydrogens (tertiary/aromatic N) is 1. The van der Waals surface area contributed by atoms with Crippen molar-refractivity contribution in [2.24, 2.45) is 0 Å². The third-order valence-corrected chi connectivity index (χ3v) is 4.65. The fourth-order valence-electron chi connectivity index (χ4n) is 3.07. The lowest BCUT2D eigenvalue weighted by Gasteiger charge is -2.18. The Labute approximate surface area is 154 Å². The molecule has 0 aromatic heterocycles. The summed E-state index contributed by atoms with van der Waals surface area (Å²) in [7, 11) is 0. The molecule has 3 rings (SSSR count). The van der Waals surface area contributed by atoms with Gasteiger partial charge >= 0.3 is 0 Å². The predicted octanol–water partition coefficient (Wildman–Crippen LogP) is 2.91. The van der Waals surface area contributed by atoms with E-state index in [1.807, 2.05) is 63.2 Å². The number of anilines is 1. The fraction of sp³-hybridized carbons (Fsp3) is 0.333. The highest BCUT2D eigenvalue weighted by atomic mass is 16.5. The quantitative estimate of drug-likeness (QED) is 0.900. The lowest BCUT2D eigenvalue weighted by molar-refractivity contribution is -0.123. The van der Waals surface area contributed by atoms with Gasteiger partial charge in [-0.05, 0) is 61.7 Å². The van der Waals surface area contributed by atoms with Crippen LogP contribution in [0.15, 0.2) is 42.5 Å². The summed E-state index contributed by atoms with van der Waals surface area (Å²) < 4.78 is 5.52. The number of nitrogens with one attached hydrogen (secondary N) is 1. The Balaban J connectivity index is 1.55. The van der Waals surface area contributed by atoms with E-state index in [0.29, 0.717) is 18.7 Å². The number of hydrogen-bond donors (Lipinski definition) is 1. The molecule has 1 unspecified atom stereocenters. The van der Waals surface area contributed by atoms with Gasteiger partial charge in [-0.2, -0.15) is 0 Å². The van der Waals surface area contributed by atoms with Gasteiger partial charge in [0.2, 0.25) is 5.91 Å². The van der Waals surface area contributed by atoms with Crippen molar-refractivity contribution in [2.75, 3.05) is 18.1 Å². The molecule has 1 atom stereocenters. The molecule has 26 heavy (non-hydrogen) atoms. The zero-order chi connectivity index (χ0) is 18.7. The first kappa shape index (κ1) is 18.0. The van der Waals surface area contributed by atoms with Crippen LogP contribution >= 0.6 is 0 Å². The van der Waals surface area contributed by atoms with Crippen LogP contribution < -0.4 is 15.0 Å². The minimum Gasteiger partial charge on any atom is -0.484 e. The average Bonchev–Trinajstić information content (AvgIpc) is 2.96. The highest BCUT2D eigenvalue weighted by molar-refractivity contribution is 5.97. The lowest BCUT2D eigenvalue weighted by Crippen LogP contribution is -2.39. The van der Waals surface area contributed by atoms with Crippen LogP contribution in [0.5, 0.6) is 5.75 Å². The van der Waals surface area contributed by atoms with E-state index < -0.39 is 0 Å². The van der Waals surface area contributed by atoms with Crippen molar-refractivity contribution in [3.8, 4) is 5.75 Å². The van der Waals surface area contributed by atoms with Gasteiger partial charge in [-0.25, -0.2) is 0 Å². The highest BCUT2D eigenvalue weighted by Gasteiger charge is 2.31. The Hall–Kier alpha value is -2.82. The first-order valence-electron chi connectivity index (χ1n) is 8.79. The Morgan fingerprint density at radius 3 is 2.69 bits per heavy atom. The van der Waals surface area contributed by atoms with Crippen LogP contribution in [0, 0.1) is 20.8 Å². The summed E-state index contributed by atoms with van der Waals surface area (Å²) in [5, 5.41) is 2.89. The lowest BCUT2D eigenvalue weighted by atomic mass is 10.1. The molecule has 0 radical (unpaired) electrons. The molecule has 2 aromatic carbocycles. The zero-order valence-electron chi connectivity index (χ0n) is 15.4. The molecule has 2 amide bonds. The Morgan fingerprint density at radius 1 is 1.15 bits per heavy atom. The van der Waals surface area contributed by atoms with Crippen LogP contribution in [0.2, 0.25) is 0 Å². The number of carbonyl (C=O) groups is 2. The second kappa shape index (κ2) is 7.60. The standard InChI is InChI=1S/C21H24N2O3/c1-14-5-4-6-19(9-14)26-13-20(24)22-17-11-21(25)23(12-17)18-8-7-15(2)16(3)10-18/h4-10,17H,11-13H2,1-3H3,(H,22,24). The van der Waals surface area contributed by atoms with E-state index in [2.05, 4.69) is 5.32 Å². The van der Waals surface area contributed by atoms with Gasteiger partial charge in [0.1, 0.15) is 5.75 Å². The molecule has 5 heteroatoms. The van der Waals surface area contributed by atoms with E-state index >= 15 is 0 Å². The molecule has 1 aliphatic rings. The first-order chi connectivity index (χ1) is 12.4. The molecule has 1 fully saturated rings. The zero-order valence-corrected chi connectivity index (χ0v) is 15.4. The van der Waals surface area contributed by atoms with Crippen LogP contribution in [0.4, 0.5) is 5.69 Å². The van der Waals surface area contributed by atoms with Crippen molar-refractivity contribution in [3.63, 3.8) is 0 Å². The van der Waals surface area contributed by atoms with Crippen LogP contribution in [0.1, 0.15) is 23.1 Å². The van der Waals surface area contributed by atoms with Crippen LogP contribution in [-0.4, -0.2) is 31.0 Å². The highest BCUT2D eigenvalue weighted by Crippen LogP contribution is 2.24. The Bertz CT molecular complexity index is 832. The summed E-state index contributed by atoms with van der Waals surface area (Å²) in [6.45, 7) is 6.47. The number of aryl methyl sites for hydroxylation is 3. The van der Waals surface area contributed by atoms with E-state index in [1.165, 1.54) is 5.56 Å². The minimum absolute atomic E-state index is 0.0261. The van der Waals surface area contributed by atoms with Crippen molar-refractivity contribution >= 4 is 17.5 Å². The molecule has 136 valence electrons. The van der Waals surface area contributed by atoms with Gasteiger partial charge in [-0.1, -0.05) is 18.2 Å². The summed E-state index contributed by atoms with van der Waals surface area (Å²) >= 11 is 0. The maximum absolute atomic E-state index is 12.3. The number of rotatable bonds is 5. The number of hydrogen-bond acceptors (Lipinski definition) is 3. The van der Waals surface area contributed by atoms with Crippen molar-refractivity contribution < 1.29 is 14.3 Å². The summed E-state index contributed by atoms with van der Waals surface area (Å²) in [5.41, 5.74) is 4.30. The number of benzene rings is 2. The Kier molecular flexibility index (Phi) is 5.26. The smallest absolute Gasteiger partial charge is 0.258 e. The van der Waals surface area contributed by atoms with E-state index in [0.717, 1.165) is 16.8 Å². The SMILES string of the molecule is Cc1cccc(OCC(=O)NC2CC(=O)N(c3ccc(C)c(C)c3)C2)c1. The molecule has 0 bridgehead atoms. The van der Waals surface area contributed by atoms with Gasteiger partial charge in [0.05, 0.1) is 6.04 Å². The minimum atomic E-state index is -0.216.